The predicted molar refractivity (Wildman–Crippen MR) is 67.8 cm³/mol. The largest absolute Gasteiger partial charge is 0.481 e. The van der Waals surface area contributed by atoms with E-state index in [1.807, 2.05) is 0 Å². The lowest BCUT2D eigenvalue weighted by atomic mass is 10.1. The molecule has 0 aliphatic rings. The Hall–Kier alpha value is -1.40. The third-order valence-corrected chi connectivity index (χ3v) is 2.79. The van der Waals surface area contributed by atoms with Crippen LogP contribution in [0.1, 0.15) is 25.3 Å². The summed E-state index contributed by atoms with van der Waals surface area (Å²) in [5.41, 5.74) is 0.791. The van der Waals surface area contributed by atoms with Crippen LogP contribution in [0.4, 0.5) is 0 Å². The molecule has 6 nitrogen and oxygen atoms in total. The van der Waals surface area contributed by atoms with Gasteiger partial charge in [-0.3, -0.25) is 0 Å². The number of aromatic nitrogens is 2. The highest BCUT2D eigenvalue weighted by Crippen LogP contribution is 2.23. The monoisotopic (exact) mass is 255 g/mol. The minimum atomic E-state index is 0.172. The lowest BCUT2D eigenvalue weighted by Crippen LogP contribution is -2.29. The highest BCUT2D eigenvalue weighted by atomic mass is 16.5. The average Bonchev–Trinajstić information content (AvgIpc) is 2.42. The molecule has 6 heteroatoms. The highest BCUT2D eigenvalue weighted by molar-refractivity contribution is 5.34. The SMILES string of the molecule is CCC(CCO)NCc1c(OC)ncnc1OC. The molecular weight excluding hydrogens is 234 g/mol. The second-order valence-corrected chi connectivity index (χ2v) is 3.87. The molecule has 0 aromatic carbocycles. The van der Waals surface area contributed by atoms with Crippen LogP contribution < -0.4 is 14.8 Å². The first kappa shape index (κ1) is 14.7. The summed E-state index contributed by atoms with van der Waals surface area (Å²) in [5, 5.41) is 12.3. The number of ether oxygens (including phenoxy) is 2. The van der Waals surface area contributed by atoms with Crippen LogP contribution in [0.2, 0.25) is 0 Å². The zero-order valence-corrected chi connectivity index (χ0v) is 11.1. The van der Waals surface area contributed by atoms with Gasteiger partial charge in [-0.25, -0.2) is 9.97 Å². The van der Waals surface area contributed by atoms with Gasteiger partial charge in [-0.05, 0) is 12.8 Å². The van der Waals surface area contributed by atoms with Gasteiger partial charge in [0.25, 0.3) is 0 Å². The molecule has 0 radical (unpaired) electrons. The standard InChI is InChI=1S/C12H21N3O3/c1-4-9(5-6-16)13-7-10-11(17-2)14-8-15-12(10)18-3/h8-9,13,16H,4-7H2,1-3H3. The van der Waals surface area contributed by atoms with Crippen LogP contribution in [0.5, 0.6) is 11.8 Å². The van der Waals surface area contributed by atoms with Crippen LogP contribution in [0.3, 0.4) is 0 Å². The Balaban J connectivity index is 2.75. The summed E-state index contributed by atoms with van der Waals surface area (Å²) >= 11 is 0. The van der Waals surface area contributed by atoms with Gasteiger partial charge < -0.3 is 19.9 Å². The number of aliphatic hydroxyl groups is 1. The molecule has 0 aliphatic carbocycles. The van der Waals surface area contributed by atoms with Crippen LogP contribution in [-0.4, -0.2) is 41.9 Å². The Bertz CT molecular complexity index is 338. The first-order chi connectivity index (χ1) is 8.76. The molecular formula is C12H21N3O3. The van der Waals surface area contributed by atoms with Gasteiger partial charge in [0.15, 0.2) is 0 Å². The maximum Gasteiger partial charge on any atom is 0.224 e. The molecule has 1 aromatic rings. The van der Waals surface area contributed by atoms with Crippen LogP contribution in [0.15, 0.2) is 6.33 Å². The van der Waals surface area contributed by atoms with Crippen molar-refractivity contribution >= 4 is 0 Å². The van der Waals surface area contributed by atoms with Gasteiger partial charge in [-0.2, -0.15) is 0 Å². The van der Waals surface area contributed by atoms with Crippen LogP contribution in [0.25, 0.3) is 0 Å². The minimum absolute atomic E-state index is 0.172. The second kappa shape index (κ2) is 7.84. The van der Waals surface area contributed by atoms with E-state index in [0.29, 0.717) is 18.3 Å². The molecule has 1 unspecified atom stereocenters. The van der Waals surface area contributed by atoms with Crippen molar-refractivity contribution in [3.8, 4) is 11.8 Å². The summed E-state index contributed by atoms with van der Waals surface area (Å²) < 4.78 is 10.4. The number of methoxy groups -OCH3 is 2. The Morgan fingerprint density at radius 2 is 1.89 bits per heavy atom. The molecule has 102 valence electrons. The number of hydrogen-bond acceptors (Lipinski definition) is 6. The molecule has 0 saturated carbocycles. The molecule has 1 rings (SSSR count). The molecule has 2 N–H and O–H groups in total. The third kappa shape index (κ3) is 3.82. The molecule has 18 heavy (non-hydrogen) atoms. The average molecular weight is 255 g/mol. The lowest BCUT2D eigenvalue weighted by Gasteiger charge is -2.17. The van der Waals surface area contributed by atoms with E-state index in [1.165, 1.54) is 6.33 Å². The number of aliphatic hydroxyl groups excluding tert-OH is 1. The quantitative estimate of drug-likeness (QED) is 0.713. The van der Waals surface area contributed by atoms with Gasteiger partial charge in [0.05, 0.1) is 19.8 Å². The summed E-state index contributed by atoms with van der Waals surface area (Å²) in [4.78, 5) is 8.11. The molecule has 1 aromatic heterocycles. The van der Waals surface area contributed by atoms with Crippen molar-refractivity contribution in [1.82, 2.24) is 15.3 Å². The fourth-order valence-electron chi connectivity index (χ4n) is 1.74. The molecule has 1 heterocycles. The van der Waals surface area contributed by atoms with E-state index in [2.05, 4.69) is 22.2 Å². The topological polar surface area (TPSA) is 76.5 Å². The number of hydrogen-bond donors (Lipinski definition) is 2. The van der Waals surface area contributed by atoms with Crippen molar-refractivity contribution < 1.29 is 14.6 Å². The first-order valence-corrected chi connectivity index (χ1v) is 6.02. The van der Waals surface area contributed by atoms with E-state index in [0.717, 1.165) is 18.4 Å². The van der Waals surface area contributed by atoms with E-state index < -0.39 is 0 Å². The fraction of sp³-hybridized carbons (Fsp3) is 0.667. The summed E-state index contributed by atoms with van der Waals surface area (Å²) in [6.45, 7) is 2.79. The van der Waals surface area contributed by atoms with Crippen LogP contribution >= 0.6 is 0 Å². The minimum Gasteiger partial charge on any atom is -0.481 e. The molecule has 0 saturated heterocycles. The molecule has 0 bridgehead atoms. The highest BCUT2D eigenvalue weighted by Gasteiger charge is 2.14. The first-order valence-electron chi connectivity index (χ1n) is 6.02. The number of nitrogens with one attached hydrogen (secondary N) is 1. The molecule has 0 fully saturated rings. The van der Waals surface area contributed by atoms with Gasteiger partial charge in [0, 0.05) is 19.2 Å². The predicted octanol–water partition coefficient (Wildman–Crippen LogP) is 0.744. The van der Waals surface area contributed by atoms with E-state index in [4.69, 9.17) is 14.6 Å². The van der Waals surface area contributed by atoms with E-state index >= 15 is 0 Å². The summed E-state index contributed by atoms with van der Waals surface area (Å²) in [6, 6.07) is 0.254. The zero-order chi connectivity index (χ0) is 13.4. The maximum absolute atomic E-state index is 8.95. The molecule has 0 amide bonds. The summed E-state index contributed by atoms with van der Waals surface area (Å²) in [7, 11) is 3.13. The Kier molecular flexibility index (Phi) is 6.38. The maximum atomic E-state index is 8.95. The van der Waals surface area contributed by atoms with Crippen LogP contribution in [0, 0.1) is 0 Å². The van der Waals surface area contributed by atoms with Crippen molar-refractivity contribution in [2.75, 3.05) is 20.8 Å². The van der Waals surface area contributed by atoms with Gasteiger partial charge in [-0.1, -0.05) is 6.92 Å². The normalized spacial score (nSPS) is 12.2. The summed E-state index contributed by atoms with van der Waals surface area (Å²) in [6.07, 6.45) is 3.07. The van der Waals surface area contributed by atoms with Crippen molar-refractivity contribution in [3.05, 3.63) is 11.9 Å². The Morgan fingerprint density at radius 1 is 1.28 bits per heavy atom. The number of rotatable bonds is 8. The molecule has 1 atom stereocenters. The smallest absolute Gasteiger partial charge is 0.224 e. The van der Waals surface area contributed by atoms with Gasteiger partial charge >= 0.3 is 0 Å². The van der Waals surface area contributed by atoms with E-state index in [9.17, 15) is 0 Å². The van der Waals surface area contributed by atoms with Crippen LogP contribution in [-0.2, 0) is 6.54 Å². The third-order valence-electron chi connectivity index (χ3n) is 2.79. The lowest BCUT2D eigenvalue weighted by molar-refractivity contribution is 0.261. The van der Waals surface area contributed by atoms with Gasteiger partial charge in [0.2, 0.25) is 11.8 Å². The van der Waals surface area contributed by atoms with Crippen molar-refractivity contribution in [3.63, 3.8) is 0 Å². The van der Waals surface area contributed by atoms with Gasteiger partial charge in [0.1, 0.15) is 6.33 Å². The molecule has 0 aliphatic heterocycles. The van der Waals surface area contributed by atoms with Crippen molar-refractivity contribution in [2.45, 2.75) is 32.4 Å². The second-order valence-electron chi connectivity index (χ2n) is 3.87. The van der Waals surface area contributed by atoms with E-state index in [1.54, 1.807) is 14.2 Å². The Morgan fingerprint density at radius 3 is 2.33 bits per heavy atom. The number of nitrogens with zero attached hydrogens (tertiary/aromatic N) is 2. The van der Waals surface area contributed by atoms with Gasteiger partial charge in [-0.15, -0.1) is 0 Å². The van der Waals surface area contributed by atoms with E-state index in [-0.39, 0.29) is 12.6 Å². The Labute approximate surface area is 107 Å². The van der Waals surface area contributed by atoms with Crippen molar-refractivity contribution in [1.29, 1.82) is 0 Å². The zero-order valence-electron chi connectivity index (χ0n) is 11.1. The van der Waals surface area contributed by atoms with Crippen molar-refractivity contribution in [2.24, 2.45) is 0 Å². The summed E-state index contributed by atoms with van der Waals surface area (Å²) in [5.74, 6) is 1.02. The fourth-order valence-corrected chi connectivity index (χ4v) is 1.74. The molecule has 0 spiro atoms.